The molecule has 1 aromatic rings. The van der Waals surface area contributed by atoms with Crippen molar-refractivity contribution in [3.05, 3.63) is 23.2 Å². The summed E-state index contributed by atoms with van der Waals surface area (Å²) < 4.78 is 5.25. The summed E-state index contributed by atoms with van der Waals surface area (Å²) in [6, 6.07) is 1.14. The van der Waals surface area contributed by atoms with Crippen LogP contribution in [-0.4, -0.2) is 23.7 Å². The SMILES string of the molecule is CCC(C)CNC(=O)NCc1cc(C(=O)O)c(C)o1. The first-order chi connectivity index (χ1) is 8.93. The molecule has 0 radical (unpaired) electrons. The van der Waals surface area contributed by atoms with Gasteiger partial charge in [-0.15, -0.1) is 0 Å². The molecule has 0 saturated heterocycles. The quantitative estimate of drug-likeness (QED) is 0.737. The van der Waals surface area contributed by atoms with Crippen LogP contribution < -0.4 is 10.6 Å². The van der Waals surface area contributed by atoms with Crippen LogP contribution in [0.5, 0.6) is 0 Å². The molecular formula is C13H20N2O4. The maximum Gasteiger partial charge on any atom is 0.339 e. The molecule has 1 heterocycles. The minimum atomic E-state index is -1.03. The number of aryl methyl sites for hydroxylation is 1. The smallest absolute Gasteiger partial charge is 0.339 e. The van der Waals surface area contributed by atoms with E-state index in [-0.39, 0.29) is 18.1 Å². The lowest BCUT2D eigenvalue weighted by Gasteiger charge is -2.10. The van der Waals surface area contributed by atoms with Crippen molar-refractivity contribution in [2.24, 2.45) is 5.92 Å². The van der Waals surface area contributed by atoms with E-state index in [2.05, 4.69) is 24.5 Å². The third-order valence-electron chi connectivity index (χ3n) is 2.93. The molecule has 1 rings (SSSR count). The number of nitrogens with one attached hydrogen (secondary N) is 2. The molecule has 0 aliphatic carbocycles. The van der Waals surface area contributed by atoms with Crippen molar-refractivity contribution in [1.82, 2.24) is 10.6 Å². The van der Waals surface area contributed by atoms with Gasteiger partial charge in [-0.3, -0.25) is 0 Å². The van der Waals surface area contributed by atoms with Crippen LogP contribution in [0.2, 0.25) is 0 Å². The van der Waals surface area contributed by atoms with Gasteiger partial charge in [-0.05, 0) is 18.9 Å². The Balaban J connectivity index is 2.42. The molecule has 6 nitrogen and oxygen atoms in total. The monoisotopic (exact) mass is 268 g/mol. The normalized spacial score (nSPS) is 11.9. The van der Waals surface area contributed by atoms with Gasteiger partial charge in [-0.25, -0.2) is 9.59 Å². The molecule has 0 bridgehead atoms. The van der Waals surface area contributed by atoms with E-state index in [0.29, 0.717) is 24.0 Å². The van der Waals surface area contributed by atoms with E-state index in [1.165, 1.54) is 6.07 Å². The van der Waals surface area contributed by atoms with Crippen molar-refractivity contribution in [2.75, 3.05) is 6.54 Å². The minimum absolute atomic E-state index is 0.122. The van der Waals surface area contributed by atoms with Gasteiger partial charge < -0.3 is 20.2 Å². The Morgan fingerprint density at radius 3 is 2.63 bits per heavy atom. The lowest BCUT2D eigenvalue weighted by molar-refractivity contribution is 0.0695. The fraction of sp³-hybridized carbons (Fsp3) is 0.538. The molecule has 1 unspecified atom stereocenters. The van der Waals surface area contributed by atoms with Gasteiger partial charge in [0.2, 0.25) is 0 Å². The van der Waals surface area contributed by atoms with Crippen molar-refractivity contribution >= 4 is 12.0 Å². The molecule has 6 heteroatoms. The van der Waals surface area contributed by atoms with E-state index in [4.69, 9.17) is 9.52 Å². The number of aromatic carboxylic acids is 1. The number of rotatable bonds is 6. The number of carbonyl (C=O) groups excluding carboxylic acids is 1. The largest absolute Gasteiger partial charge is 0.478 e. The highest BCUT2D eigenvalue weighted by atomic mass is 16.4. The zero-order valence-electron chi connectivity index (χ0n) is 11.4. The van der Waals surface area contributed by atoms with Crippen molar-refractivity contribution in [1.29, 1.82) is 0 Å². The van der Waals surface area contributed by atoms with E-state index in [1.807, 2.05) is 0 Å². The fourth-order valence-corrected chi connectivity index (χ4v) is 1.48. The fourth-order valence-electron chi connectivity index (χ4n) is 1.48. The molecule has 3 N–H and O–H groups in total. The van der Waals surface area contributed by atoms with Crippen LogP contribution >= 0.6 is 0 Å². The zero-order chi connectivity index (χ0) is 14.4. The molecule has 19 heavy (non-hydrogen) atoms. The van der Waals surface area contributed by atoms with E-state index in [1.54, 1.807) is 6.92 Å². The van der Waals surface area contributed by atoms with Crippen LogP contribution in [0.25, 0.3) is 0 Å². The van der Waals surface area contributed by atoms with Crippen molar-refractivity contribution < 1.29 is 19.1 Å². The summed E-state index contributed by atoms with van der Waals surface area (Å²) in [6.45, 7) is 6.47. The Labute approximate surface area is 112 Å². The molecule has 0 spiro atoms. The summed E-state index contributed by atoms with van der Waals surface area (Å²) in [7, 11) is 0. The average Bonchev–Trinajstić information content (AvgIpc) is 2.74. The number of hydrogen-bond acceptors (Lipinski definition) is 3. The van der Waals surface area contributed by atoms with Crippen LogP contribution in [0.1, 0.15) is 42.1 Å². The Morgan fingerprint density at radius 1 is 1.42 bits per heavy atom. The second kappa shape index (κ2) is 6.82. The van der Waals surface area contributed by atoms with Crippen LogP contribution in [0.3, 0.4) is 0 Å². The molecule has 0 saturated carbocycles. The second-order valence-corrected chi connectivity index (χ2v) is 4.56. The number of carboxylic acids is 1. The van der Waals surface area contributed by atoms with Crippen LogP contribution in [-0.2, 0) is 6.54 Å². The summed E-state index contributed by atoms with van der Waals surface area (Å²) in [5, 5.41) is 14.2. The number of furan rings is 1. The standard InChI is InChI=1S/C13H20N2O4/c1-4-8(2)6-14-13(18)15-7-10-5-11(12(16)17)9(3)19-10/h5,8H,4,6-7H2,1-3H3,(H,16,17)(H2,14,15,18). The van der Waals surface area contributed by atoms with Gasteiger partial charge in [0.05, 0.1) is 6.54 Å². The number of carbonyl (C=O) groups is 2. The van der Waals surface area contributed by atoms with Crippen molar-refractivity contribution in [2.45, 2.75) is 33.7 Å². The predicted molar refractivity (Wildman–Crippen MR) is 70.1 cm³/mol. The van der Waals surface area contributed by atoms with Gasteiger partial charge in [0, 0.05) is 6.54 Å². The topological polar surface area (TPSA) is 91.6 Å². The highest BCUT2D eigenvalue weighted by Crippen LogP contribution is 2.14. The third kappa shape index (κ3) is 4.65. The summed E-state index contributed by atoms with van der Waals surface area (Å²) in [5.41, 5.74) is 0.122. The summed E-state index contributed by atoms with van der Waals surface area (Å²) in [5.74, 6) is 0.154. The second-order valence-electron chi connectivity index (χ2n) is 4.56. The lowest BCUT2D eigenvalue weighted by atomic mass is 10.1. The first-order valence-electron chi connectivity index (χ1n) is 6.28. The van der Waals surface area contributed by atoms with Crippen molar-refractivity contribution in [3.63, 3.8) is 0 Å². The first-order valence-corrected chi connectivity index (χ1v) is 6.28. The zero-order valence-corrected chi connectivity index (χ0v) is 11.4. The Bertz CT molecular complexity index is 453. The van der Waals surface area contributed by atoms with E-state index < -0.39 is 5.97 Å². The number of carboxylic acid groups (broad SMARTS) is 1. The van der Waals surface area contributed by atoms with E-state index >= 15 is 0 Å². The molecule has 0 aromatic carbocycles. The summed E-state index contributed by atoms with van der Waals surface area (Å²) in [6.07, 6.45) is 1.000. The molecule has 2 amide bonds. The van der Waals surface area contributed by atoms with Gasteiger partial charge in [-0.1, -0.05) is 20.3 Å². The predicted octanol–water partition coefficient (Wildman–Crippen LogP) is 2.13. The van der Waals surface area contributed by atoms with Gasteiger partial charge in [0.1, 0.15) is 17.1 Å². The minimum Gasteiger partial charge on any atom is -0.478 e. The number of hydrogen-bond donors (Lipinski definition) is 3. The van der Waals surface area contributed by atoms with E-state index in [0.717, 1.165) is 6.42 Å². The van der Waals surface area contributed by atoms with Gasteiger partial charge in [0.15, 0.2) is 0 Å². The van der Waals surface area contributed by atoms with Crippen LogP contribution in [0, 0.1) is 12.8 Å². The summed E-state index contributed by atoms with van der Waals surface area (Å²) >= 11 is 0. The molecular weight excluding hydrogens is 248 g/mol. The van der Waals surface area contributed by atoms with Gasteiger partial charge in [0.25, 0.3) is 0 Å². The van der Waals surface area contributed by atoms with Gasteiger partial charge in [-0.2, -0.15) is 0 Å². The van der Waals surface area contributed by atoms with Crippen molar-refractivity contribution in [3.8, 4) is 0 Å². The first kappa shape index (κ1) is 15.1. The molecule has 106 valence electrons. The highest BCUT2D eigenvalue weighted by Gasteiger charge is 2.14. The van der Waals surface area contributed by atoms with Crippen LogP contribution in [0.4, 0.5) is 4.79 Å². The molecule has 0 aliphatic rings. The van der Waals surface area contributed by atoms with Crippen LogP contribution in [0.15, 0.2) is 10.5 Å². The number of amides is 2. The Morgan fingerprint density at radius 2 is 2.11 bits per heavy atom. The van der Waals surface area contributed by atoms with E-state index in [9.17, 15) is 9.59 Å². The average molecular weight is 268 g/mol. The summed E-state index contributed by atoms with van der Waals surface area (Å²) in [4.78, 5) is 22.3. The highest BCUT2D eigenvalue weighted by molar-refractivity contribution is 5.88. The lowest BCUT2D eigenvalue weighted by Crippen LogP contribution is -2.37. The molecule has 1 atom stereocenters. The van der Waals surface area contributed by atoms with Gasteiger partial charge >= 0.3 is 12.0 Å². The molecule has 0 aliphatic heterocycles. The molecule has 1 aromatic heterocycles. The maximum absolute atomic E-state index is 11.5. The maximum atomic E-state index is 11.5. The Hall–Kier alpha value is -1.98. The Kier molecular flexibility index (Phi) is 5.41. The molecule has 0 fully saturated rings. The number of urea groups is 1. The third-order valence-corrected chi connectivity index (χ3v) is 2.93.